The molecule has 1 N–H and O–H groups in total. The topological polar surface area (TPSA) is 40.9 Å². The van der Waals surface area contributed by atoms with Crippen LogP contribution >= 0.6 is 9.24 Å². The molecule has 0 aliphatic heterocycles. The highest BCUT2D eigenvalue weighted by Gasteiger charge is 2.18. The lowest BCUT2D eigenvalue weighted by molar-refractivity contribution is -0.121. The summed E-state index contributed by atoms with van der Waals surface area (Å²) in [6.45, 7) is 5.62. The zero-order valence-corrected chi connectivity index (χ0v) is 8.50. The SMILES string of the molecule is CC(=O)C(CC(=N)P)C(C)C. The molecule has 0 bridgehead atoms. The van der Waals surface area contributed by atoms with Crippen LogP contribution in [0.25, 0.3) is 0 Å². The van der Waals surface area contributed by atoms with E-state index in [4.69, 9.17) is 5.41 Å². The molecule has 11 heavy (non-hydrogen) atoms. The van der Waals surface area contributed by atoms with Gasteiger partial charge in [-0.25, -0.2) is 0 Å². The van der Waals surface area contributed by atoms with E-state index >= 15 is 0 Å². The lowest BCUT2D eigenvalue weighted by atomic mass is 9.90. The van der Waals surface area contributed by atoms with E-state index in [2.05, 4.69) is 9.24 Å². The van der Waals surface area contributed by atoms with Gasteiger partial charge < -0.3 is 5.41 Å². The Morgan fingerprint density at radius 2 is 2.00 bits per heavy atom. The second kappa shape index (κ2) is 4.61. The van der Waals surface area contributed by atoms with Gasteiger partial charge in [0.1, 0.15) is 5.78 Å². The second-order valence-electron chi connectivity index (χ2n) is 3.19. The number of rotatable bonds is 4. The van der Waals surface area contributed by atoms with Crippen molar-refractivity contribution >= 4 is 20.5 Å². The fourth-order valence-corrected chi connectivity index (χ4v) is 1.34. The Balaban J connectivity index is 4.12. The van der Waals surface area contributed by atoms with Crippen LogP contribution in [0.3, 0.4) is 0 Å². The standard InChI is InChI=1S/C8H16NOP/c1-5(2)7(6(3)10)4-8(9)11/h5,7,9H,4,11H2,1-3H3. The molecule has 0 saturated carbocycles. The van der Waals surface area contributed by atoms with E-state index in [1.165, 1.54) is 0 Å². The molecular weight excluding hydrogens is 157 g/mol. The lowest BCUT2D eigenvalue weighted by Crippen LogP contribution is -2.19. The quantitative estimate of drug-likeness (QED) is 0.513. The van der Waals surface area contributed by atoms with Crippen molar-refractivity contribution in [2.45, 2.75) is 27.2 Å². The number of nitrogens with one attached hydrogen (secondary N) is 1. The number of carbonyl (C=O) groups excluding carboxylic acids is 1. The van der Waals surface area contributed by atoms with Crippen LogP contribution in [0.4, 0.5) is 0 Å². The summed E-state index contributed by atoms with van der Waals surface area (Å²) in [6, 6.07) is 0. The zero-order valence-electron chi connectivity index (χ0n) is 7.35. The molecule has 3 heteroatoms. The molecule has 2 unspecified atom stereocenters. The summed E-state index contributed by atoms with van der Waals surface area (Å²) in [6.07, 6.45) is 0.581. The summed E-state index contributed by atoms with van der Waals surface area (Å²) in [5.41, 5.74) is 0.513. The molecule has 2 nitrogen and oxygen atoms in total. The Bertz CT molecular complexity index is 165. The van der Waals surface area contributed by atoms with Crippen molar-refractivity contribution in [1.29, 1.82) is 5.41 Å². The van der Waals surface area contributed by atoms with Crippen LogP contribution in [-0.4, -0.2) is 11.2 Å². The van der Waals surface area contributed by atoms with Gasteiger partial charge in [-0.3, -0.25) is 4.79 Å². The van der Waals surface area contributed by atoms with Crippen molar-refractivity contribution in [2.75, 3.05) is 0 Å². The molecule has 64 valence electrons. The van der Waals surface area contributed by atoms with E-state index < -0.39 is 0 Å². The van der Waals surface area contributed by atoms with Crippen LogP contribution in [0.15, 0.2) is 0 Å². The van der Waals surface area contributed by atoms with Crippen molar-refractivity contribution in [2.24, 2.45) is 11.8 Å². The highest BCUT2D eigenvalue weighted by molar-refractivity contribution is 7.40. The Morgan fingerprint density at radius 1 is 1.55 bits per heavy atom. The largest absolute Gasteiger partial charge is 0.305 e. The molecule has 0 radical (unpaired) electrons. The van der Waals surface area contributed by atoms with Crippen molar-refractivity contribution in [3.05, 3.63) is 0 Å². The number of hydrogen-bond donors (Lipinski definition) is 1. The average Bonchev–Trinajstić information content (AvgIpc) is 1.81. The molecule has 0 spiro atoms. The predicted molar refractivity (Wildman–Crippen MR) is 51.1 cm³/mol. The minimum atomic E-state index is 0.0278. The fraction of sp³-hybridized carbons (Fsp3) is 0.750. The highest BCUT2D eigenvalue weighted by atomic mass is 31.0. The third kappa shape index (κ3) is 4.26. The van der Waals surface area contributed by atoms with Crippen molar-refractivity contribution in [3.8, 4) is 0 Å². The maximum Gasteiger partial charge on any atom is 0.133 e. The smallest absolute Gasteiger partial charge is 0.133 e. The Labute approximate surface area is 70.5 Å². The van der Waals surface area contributed by atoms with Crippen molar-refractivity contribution < 1.29 is 4.79 Å². The van der Waals surface area contributed by atoms with Crippen LogP contribution < -0.4 is 0 Å². The van der Waals surface area contributed by atoms with Crippen LogP contribution in [0.1, 0.15) is 27.2 Å². The molecule has 0 fully saturated rings. The van der Waals surface area contributed by atoms with E-state index in [1.54, 1.807) is 6.92 Å². The molecule has 0 aromatic rings. The van der Waals surface area contributed by atoms with E-state index in [1.807, 2.05) is 13.8 Å². The van der Waals surface area contributed by atoms with Gasteiger partial charge in [-0.1, -0.05) is 23.1 Å². The van der Waals surface area contributed by atoms with Gasteiger partial charge in [0.2, 0.25) is 0 Å². The molecule has 2 atom stereocenters. The van der Waals surface area contributed by atoms with Crippen LogP contribution in [0.5, 0.6) is 0 Å². The summed E-state index contributed by atoms with van der Waals surface area (Å²) in [4.78, 5) is 11.0. The van der Waals surface area contributed by atoms with Gasteiger partial charge in [-0.15, -0.1) is 0 Å². The molecular formula is C8H16NOP. The van der Waals surface area contributed by atoms with Gasteiger partial charge >= 0.3 is 0 Å². The first-order valence-corrected chi connectivity index (χ1v) is 4.36. The molecule has 0 aliphatic carbocycles. The second-order valence-corrected chi connectivity index (χ2v) is 3.89. The maximum absolute atomic E-state index is 11.0. The first kappa shape index (κ1) is 10.8. The summed E-state index contributed by atoms with van der Waals surface area (Å²) in [5, 5.41) is 7.22. The zero-order chi connectivity index (χ0) is 9.02. The maximum atomic E-state index is 11.0. The molecule has 0 heterocycles. The molecule has 0 saturated heterocycles. The van der Waals surface area contributed by atoms with Gasteiger partial charge in [0.25, 0.3) is 0 Å². The third-order valence-electron chi connectivity index (χ3n) is 1.77. The van der Waals surface area contributed by atoms with E-state index in [0.717, 1.165) is 0 Å². The minimum absolute atomic E-state index is 0.0278. The first-order valence-electron chi connectivity index (χ1n) is 3.78. The fourth-order valence-electron chi connectivity index (χ4n) is 1.09. The van der Waals surface area contributed by atoms with Crippen molar-refractivity contribution in [3.63, 3.8) is 0 Å². The normalized spacial score (nSPS) is 13.2. The first-order chi connectivity index (χ1) is 4.95. The van der Waals surface area contributed by atoms with Gasteiger partial charge in [0.05, 0.1) is 0 Å². The average molecular weight is 173 g/mol. The van der Waals surface area contributed by atoms with Crippen LogP contribution in [0.2, 0.25) is 0 Å². The summed E-state index contributed by atoms with van der Waals surface area (Å²) < 4.78 is 0. The molecule has 0 rings (SSSR count). The minimum Gasteiger partial charge on any atom is -0.305 e. The van der Waals surface area contributed by atoms with Gasteiger partial charge in [0, 0.05) is 11.4 Å². The van der Waals surface area contributed by atoms with E-state index in [-0.39, 0.29) is 11.7 Å². The molecule has 0 amide bonds. The van der Waals surface area contributed by atoms with Gasteiger partial charge in [-0.2, -0.15) is 0 Å². The molecule has 0 aliphatic rings. The number of carbonyl (C=O) groups is 1. The highest BCUT2D eigenvalue weighted by Crippen LogP contribution is 2.18. The van der Waals surface area contributed by atoms with E-state index in [9.17, 15) is 4.79 Å². The summed E-state index contributed by atoms with van der Waals surface area (Å²) >= 11 is 0. The Kier molecular flexibility index (Phi) is 4.51. The predicted octanol–water partition coefficient (Wildman–Crippen LogP) is 2.09. The number of hydrogen-bond acceptors (Lipinski definition) is 2. The Hall–Kier alpha value is -0.230. The van der Waals surface area contributed by atoms with Gasteiger partial charge in [-0.05, 0) is 19.3 Å². The number of ketones is 1. The van der Waals surface area contributed by atoms with E-state index in [0.29, 0.717) is 17.8 Å². The van der Waals surface area contributed by atoms with Crippen molar-refractivity contribution in [1.82, 2.24) is 0 Å². The Morgan fingerprint density at radius 3 is 2.09 bits per heavy atom. The molecule has 0 aromatic heterocycles. The lowest BCUT2D eigenvalue weighted by Gasteiger charge is -2.16. The van der Waals surface area contributed by atoms with Crippen LogP contribution in [0, 0.1) is 17.2 Å². The number of Topliss-reactive ketones (excluding diaryl/α,β-unsaturated/α-hetero) is 1. The third-order valence-corrected chi connectivity index (χ3v) is 2.00. The summed E-state index contributed by atoms with van der Waals surface area (Å²) in [7, 11) is 2.32. The van der Waals surface area contributed by atoms with Gasteiger partial charge in [0.15, 0.2) is 0 Å². The molecule has 0 aromatic carbocycles. The summed E-state index contributed by atoms with van der Waals surface area (Å²) in [5.74, 6) is 0.556. The monoisotopic (exact) mass is 173 g/mol. The van der Waals surface area contributed by atoms with Crippen LogP contribution in [-0.2, 0) is 4.79 Å².